The molecule has 0 unspecified atom stereocenters. The zero-order chi connectivity index (χ0) is 29.2. The van der Waals surface area contributed by atoms with Crippen LogP contribution in [0.5, 0.6) is 11.6 Å². The minimum absolute atomic E-state index is 0.223. The van der Waals surface area contributed by atoms with Gasteiger partial charge in [0.15, 0.2) is 0 Å². The zero-order valence-corrected chi connectivity index (χ0v) is 22.6. The van der Waals surface area contributed by atoms with Gasteiger partial charge < -0.3 is 19.4 Å². The van der Waals surface area contributed by atoms with E-state index in [1.165, 1.54) is 25.6 Å². The lowest BCUT2D eigenvalue weighted by molar-refractivity contribution is -0.0529. The summed E-state index contributed by atoms with van der Waals surface area (Å²) in [6.07, 6.45) is 4.17. The van der Waals surface area contributed by atoms with Crippen molar-refractivity contribution in [3.8, 4) is 34.3 Å². The predicted molar refractivity (Wildman–Crippen MR) is 144 cm³/mol. The van der Waals surface area contributed by atoms with Gasteiger partial charge in [-0.3, -0.25) is 14.3 Å². The molecule has 12 nitrogen and oxygen atoms in total. The molecule has 16 heteroatoms. The number of aryl methyl sites for hydroxylation is 1. The van der Waals surface area contributed by atoms with E-state index in [1.54, 1.807) is 18.2 Å². The van der Waals surface area contributed by atoms with Crippen LogP contribution in [0.4, 0.5) is 8.78 Å². The molecule has 0 bridgehead atoms. The summed E-state index contributed by atoms with van der Waals surface area (Å²) in [7, 11) is -2.28. The summed E-state index contributed by atoms with van der Waals surface area (Å²) < 4.78 is 60.8. The van der Waals surface area contributed by atoms with Crippen LogP contribution in [-0.4, -0.2) is 62.9 Å². The monoisotopic (exact) mass is 594 g/mol. The number of hydrogen-bond donors (Lipinski definition) is 3. The van der Waals surface area contributed by atoms with E-state index in [9.17, 15) is 22.0 Å². The first kappa shape index (κ1) is 28.8. The number of alkyl halides is 2. The van der Waals surface area contributed by atoms with Gasteiger partial charge in [-0.2, -0.15) is 17.2 Å². The third kappa shape index (κ3) is 6.50. The number of hydrogen-bond acceptors (Lipinski definition) is 9. The molecule has 0 saturated carbocycles. The number of H-pyrrole nitrogens is 2. The Morgan fingerprint density at radius 3 is 2.48 bits per heavy atom. The molecule has 5 rings (SSSR count). The molecule has 40 heavy (non-hydrogen) atoms. The Morgan fingerprint density at radius 1 is 1.10 bits per heavy atom. The van der Waals surface area contributed by atoms with Gasteiger partial charge in [0.1, 0.15) is 22.2 Å². The smallest absolute Gasteiger partial charge is 0.388 e. The van der Waals surface area contributed by atoms with Crippen molar-refractivity contribution in [2.24, 2.45) is 0 Å². The number of fused-ring (bicyclic) bond motifs is 2. The van der Waals surface area contributed by atoms with Gasteiger partial charge in [-0.25, -0.2) is 15.0 Å². The van der Waals surface area contributed by atoms with Crippen LogP contribution >= 0.6 is 11.6 Å². The average Bonchev–Trinajstić information content (AvgIpc) is 3.29. The second-order valence-corrected chi connectivity index (χ2v) is 10.0. The molecule has 3 N–H and O–H groups in total. The van der Waals surface area contributed by atoms with Gasteiger partial charge in [0.2, 0.25) is 5.88 Å². The third-order valence-corrected chi connectivity index (χ3v) is 5.59. The predicted octanol–water partition coefficient (Wildman–Crippen LogP) is 4.25. The first-order chi connectivity index (χ1) is 18.9. The van der Waals surface area contributed by atoms with E-state index in [4.69, 9.17) is 20.9 Å². The quantitative estimate of drug-likeness (QED) is 0.190. The second kappa shape index (κ2) is 11.5. The fraction of sp³-hybridized carbons (Fsp3) is 0.208. The fourth-order valence-corrected chi connectivity index (χ4v) is 4.07. The van der Waals surface area contributed by atoms with E-state index in [2.05, 4.69) is 34.6 Å². The van der Waals surface area contributed by atoms with Gasteiger partial charge >= 0.3 is 6.61 Å². The van der Waals surface area contributed by atoms with E-state index < -0.39 is 16.7 Å². The number of nitrogens with zero attached hydrogens (tertiary/aromatic N) is 4. The maximum atomic E-state index is 12.9. The summed E-state index contributed by atoms with van der Waals surface area (Å²) in [5.74, 6) is 0.263. The Kier molecular flexibility index (Phi) is 8.27. The normalized spacial score (nSPS) is 11.5. The van der Waals surface area contributed by atoms with Crippen LogP contribution in [0, 0.1) is 0 Å². The topological polar surface area (TPSA) is 173 Å². The third-order valence-electron chi connectivity index (χ3n) is 5.40. The SMILES string of the molecule is CCc1nc(Cl)cc2[nH]c(-c3cc4c(-c5cnc(OC(F)F)cc5OC)nccc4[nH]c3=O)nc12.CS(=O)(=O)O. The zero-order valence-electron chi connectivity index (χ0n) is 21.1. The number of aromatic amines is 2. The molecule has 0 saturated heterocycles. The van der Waals surface area contributed by atoms with Gasteiger partial charge in [-0.15, -0.1) is 0 Å². The van der Waals surface area contributed by atoms with Crippen molar-refractivity contribution >= 4 is 43.7 Å². The van der Waals surface area contributed by atoms with Crippen LogP contribution in [0.25, 0.3) is 44.6 Å². The van der Waals surface area contributed by atoms with Gasteiger partial charge in [-0.1, -0.05) is 18.5 Å². The number of nitrogens with one attached hydrogen (secondary N) is 2. The number of methoxy groups -OCH3 is 1. The molecular formula is C24H21ClF2N6O6S. The molecule has 0 aliphatic carbocycles. The Hall–Kier alpha value is -4.21. The van der Waals surface area contributed by atoms with Crippen LogP contribution < -0.4 is 15.0 Å². The summed E-state index contributed by atoms with van der Waals surface area (Å²) >= 11 is 6.12. The van der Waals surface area contributed by atoms with Gasteiger partial charge in [0.25, 0.3) is 15.7 Å². The standard InChI is InChI=1S/C23H17ClF2N6O3.CH4O3S/c1-3-13-20-15(7-17(24)29-13)30-21(32-20)11-6-10-14(31-22(11)33)4-5-27-19(10)12-9-28-18(35-23(25)26)8-16(12)34-2;1-5(2,3)4/h4-9,23H,3H2,1-2H3,(H,30,32)(H,31,33);1H3,(H,2,3,4). The summed E-state index contributed by atoms with van der Waals surface area (Å²) in [5, 5.41) is 0.888. The number of aromatic nitrogens is 6. The van der Waals surface area contributed by atoms with Crippen LogP contribution in [0.15, 0.2) is 41.5 Å². The Balaban J connectivity index is 0.000000681. The summed E-state index contributed by atoms with van der Waals surface area (Å²) in [5.41, 5.74) is 3.24. The van der Waals surface area contributed by atoms with E-state index in [1.807, 2.05) is 6.92 Å². The first-order valence-electron chi connectivity index (χ1n) is 11.4. The number of halogens is 3. The highest BCUT2D eigenvalue weighted by atomic mass is 35.5. The molecule has 0 radical (unpaired) electrons. The summed E-state index contributed by atoms with van der Waals surface area (Å²) in [6, 6.07) is 6.19. The summed E-state index contributed by atoms with van der Waals surface area (Å²) in [6.45, 7) is -1.09. The van der Waals surface area contributed by atoms with Crippen molar-refractivity contribution in [2.45, 2.75) is 20.0 Å². The molecular weight excluding hydrogens is 574 g/mol. The maximum absolute atomic E-state index is 12.9. The molecule has 0 aliphatic heterocycles. The largest absolute Gasteiger partial charge is 0.496 e. The molecule has 5 aromatic rings. The minimum atomic E-state index is -3.67. The number of imidazole rings is 1. The number of pyridine rings is 4. The van der Waals surface area contributed by atoms with Crippen molar-refractivity contribution in [3.05, 3.63) is 57.9 Å². The van der Waals surface area contributed by atoms with Crippen molar-refractivity contribution in [1.29, 1.82) is 0 Å². The Labute approximate surface area is 230 Å². The average molecular weight is 595 g/mol. The van der Waals surface area contributed by atoms with Crippen molar-refractivity contribution in [3.63, 3.8) is 0 Å². The highest BCUT2D eigenvalue weighted by Crippen LogP contribution is 2.35. The Bertz CT molecular complexity index is 1870. The van der Waals surface area contributed by atoms with Gasteiger partial charge in [-0.05, 0) is 18.6 Å². The molecule has 5 heterocycles. The molecule has 0 spiro atoms. The molecule has 0 atom stereocenters. The van der Waals surface area contributed by atoms with Crippen molar-refractivity contribution < 1.29 is 31.2 Å². The van der Waals surface area contributed by atoms with Crippen LogP contribution in [-0.2, 0) is 16.5 Å². The lowest BCUT2D eigenvalue weighted by Crippen LogP contribution is -2.10. The maximum Gasteiger partial charge on any atom is 0.388 e. The second-order valence-electron chi connectivity index (χ2n) is 8.19. The van der Waals surface area contributed by atoms with Crippen molar-refractivity contribution in [2.75, 3.05) is 13.4 Å². The lowest BCUT2D eigenvalue weighted by Gasteiger charge is -2.12. The number of ether oxygens (including phenoxy) is 2. The van der Waals surface area contributed by atoms with E-state index in [-0.39, 0.29) is 22.8 Å². The van der Waals surface area contributed by atoms with E-state index in [0.29, 0.717) is 62.5 Å². The molecule has 210 valence electrons. The molecule has 0 aromatic carbocycles. The molecule has 0 amide bonds. The van der Waals surface area contributed by atoms with E-state index >= 15 is 0 Å². The van der Waals surface area contributed by atoms with Crippen LogP contribution in [0.1, 0.15) is 12.6 Å². The fourth-order valence-electron chi connectivity index (χ4n) is 3.86. The van der Waals surface area contributed by atoms with Crippen LogP contribution in [0.2, 0.25) is 5.15 Å². The van der Waals surface area contributed by atoms with Gasteiger partial charge in [0, 0.05) is 29.9 Å². The highest BCUT2D eigenvalue weighted by molar-refractivity contribution is 7.85. The summed E-state index contributed by atoms with van der Waals surface area (Å²) in [4.78, 5) is 36.2. The highest BCUT2D eigenvalue weighted by Gasteiger charge is 2.19. The van der Waals surface area contributed by atoms with Crippen LogP contribution in [0.3, 0.4) is 0 Å². The minimum Gasteiger partial charge on any atom is -0.496 e. The lowest BCUT2D eigenvalue weighted by atomic mass is 10.1. The molecule has 0 aliphatic rings. The first-order valence-corrected chi connectivity index (χ1v) is 13.6. The van der Waals surface area contributed by atoms with Gasteiger partial charge in [0.05, 0.1) is 46.9 Å². The Morgan fingerprint density at radius 2 is 1.82 bits per heavy atom. The van der Waals surface area contributed by atoms with E-state index in [0.717, 1.165) is 0 Å². The molecule has 5 aromatic heterocycles. The van der Waals surface area contributed by atoms with Crippen molar-refractivity contribution in [1.82, 2.24) is 29.9 Å². The number of rotatable bonds is 6. The molecule has 0 fully saturated rings.